The Morgan fingerprint density at radius 1 is 1.31 bits per heavy atom. The summed E-state index contributed by atoms with van der Waals surface area (Å²) in [7, 11) is 0. The van der Waals surface area contributed by atoms with Gasteiger partial charge >= 0.3 is 6.09 Å². The number of hydrogen-bond donors (Lipinski definition) is 1. The third-order valence-electron chi connectivity index (χ3n) is 4.81. The summed E-state index contributed by atoms with van der Waals surface area (Å²) in [6.07, 6.45) is 1.80. The lowest BCUT2D eigenvalue weighted by atomic mass is 9.96. The molecule has 1 amide bonds. The number of nitrogens with zero attached hydrogens (tertiary/aromatic N) is 5. The maximum Gasteiger partial charge on any atom is 0.414 e. The van der Waals surface area contributed by atoms with E-state index < -0.39 is 5.60 Å². The summed E-state index contributed by atoms with van der Waals surface area (Å²) >= 11 is 2.15. The topological polar surface area (TPSA) is 99.2 Å². The van der Waals surface area contributed by atoms with E-state index in [0.29, 0.717) is 18.0 Å². The minimum atomic E-state index is -0.579. The monoisotopic (exact) mass is 506 g/mol. The van der Waals surface area contributed by atoms with Gasteiger partial charge in [0.15, 0.2) is 5.65 Å². The van der Waals surface area contributed by atoms with Gasteiger partial charge in [0.1, 0.15) is 21.4 Å². The fourth-order valence-corrected chi connectivity index (χ4v) is 4.38. The number of aryl methyl sites for hydroxylation is 1. The van der Waals surface area contributed by atoms with Crippen LogP contribution in [0.15, 0.2) is 24.5 Å². The molecule has 0 saturated carbocycles. The molecule has 152 valence electrons. The van der Waals surface area contributed by atoms with E-state index in [9.17, 15) is 4.79 Å². The minimum absolute atomic E-state index is 0.0999. The average Bonchev–Trinajstić information content (AvgIpc) is 2.97. The van der Waals surface area contributed by atoms with E-state index in [1.54, 1.807) is 4.90 Å². The van der Waals surface area contributed by atoms with Crippen LogP contribution in [0.4, 0.5) is 16.3 Å². The molecule has 0 spiro atoms. The quantitative estimate of drug-likeness (QED) is 0.504. The van der Waals surface area contributed by atoms with E-state index in [0.717, 1.165) is 32.3 Å². The Labute approximate surface area is 182 Å². The molecule has 3 heterocycles. The van der Waals surface area contributed by atoms with Crippen LogP contribution in [0.25, 0.3) is 11.0 Å². The zero-order valence-corrected chi connectivity index (χ0v) is 19.0. The highest BCUT2D eigenvalue weighted by Gasteiger charge is 2.34. The number of benzene rings is 1. The second-order valence-electron chi connectivity index (χ2n) is 8.27. The first-order valence-corrected chi connectivity index (χ1v) is 10.5. The van der Waals surface area contributed by atoms with Crippen LogP contribution < -0.4 is 10.6 Å². The van der Waals surface area contributed by atoms with Gasteiger partial charge in [-0.2, -0.15) is 5.10 Å². The second kappa shape index (κ2) is 7.12. The Kier molecular flexibility index (Phi) is 4.88. The fourth-order valence-electron chi connectivity index (χ4n) is 3.63. The summed E-state index contributed by atoms with van der Waals surface area (Å²) in [5.74, 6) is 0.404. The third-order valence-corrected chi connectivity index (χ3v) is 5.56. The normalized spacial score (nSPS) is 16.7. The standard InChI is InChI=1S/C20H23IN6O2/c1-11-5-6-14-12(7-11)8-13(9-26(14)19(28)29-20(2,3)4)27-18-15(16(21)25-27)17(22)23-10-24-18/h5-7,10,13H,8-9H2,1-4H3,(H2,22,23,24). The third kappa shape index (κ3) is 3.75. The van der Waals surface area contributed by atoms with Crippen LogP contribution >= 0.6 is 22.6 Å². The summed E-state index contributed by atoms with van der Waals surface area (Å²) in [4.78, 5) is 23.2. The Hall–Kier alpha value is -2.43. The summed E-state index contributed by atoms with van der Waals surface area (Å²) in [5.41, 5.74) is 9.23. The number of halogens is 1. The molecule has 0 fully saturated rings. The number of amides is 1. The fraction of sp³-hybridized carbons (Fsp3) is 0.400. The van der Waals surface area contributed by atoms with Crippen molar-refractivity contribution in [2.45, 2.75) is 45.8 Å². The van der Waals surface area contributed by atoms with Gasteiger partial charge in [0, 0.05) is 0 Å². The van der Waals surface area contributed by atoms with Gasteiger partial charge < -0.3 is 10.5 Å². The molecule has 0 aliphatic carbocycles. The number of ether oxygens (including phenoxy) is 1. The number of hydrogen-bond acceptors (Lipinski definition) is 6. The number of nitrogens with two attached hydrogens (primary N) is 1. The molecule has 0 radical (unpaired) electrons. The van der Waals surface area contributed by atoms with Gasteiger partial charge in [0.2, 0.25) is 0 Å². The number of carbonyl (C=O) groups excluding carboxylic acids is 1. The smallest absolute Gasteiger partial charge is 0.414 e. The van der Waals surface area contributed by atoms with E-state index in [4.69, 9.17) is 10.5 Å². The van der Waals surface area contributed by atoms with Crippen molar-refractivity contribution in [1.29, 1.82) is 0 Å². The SMILES string of the molecule is Cc1ccc2c(c1)CC(n1nc(I)c3c(N)ncnc31)CN2C(=O)OC(C)(C)C. The lowest BCUT2D eigenvalue weighted by Gasteiger charge is -2.36. The molecular formula is C20H23IN6O2. The molecule has 9 heteroatoms. The van der Waals surface area contributed by atoms with Crippen LogP contribution in [0.5, 0.6) is 0 Å². The van der Waals surface area contributed by atoms with Gasteiger partial charge in [0.05, 0.1) is 23.7 Å². The maximum atomic E-state index is 13.0. The predicted molar refractivity (Wildman–Crippen MR) is 120 cm³/mol. The maximum absolute atomic E-state index is 13.0. The molecule has 3 aromatic rings. The van der Waals surface area contributed by atoms with Crippen molar-refractivity contribution in [2.24, 2.45) is 0 Å². The van der Waals surface area contributed by atoms with Crippen LogP contribution in [0.3, 0.4) is 0 Å². The minimum Gasteiger partial charge on any atom is -0.443 e. The average molecular weight is 506 g/mol. The van der Waals surface area contributed by atoms with Crippen molar-refractivity contribution >= 4 is 51.2 Å². The highest BCUT2D eigenvalue weighted by molar-refractivity contribution is 14.1. The number of aromatic nitrogens is 4. The van der Waals surface area contributed by atoms with Gasteiger partial charge in [-0.1, -0.05) is 17.7 Å². The van der Waals surface area contributed by atoms with Gasteiger partial charge in [-0.3, -0.25) is 4.90 Å². The zero-order chi connectivity index (χ0) is 20.9. The van der Waals surface area contributed by atoms with Crippen LogP contribution in [0, 0.1) is 10.6 Å². The molecule has 4 rings (SSSR count). The first kappa shape index (κ1) is 19.9. The van der Waals surface area contributed by atoms with Crippen molar-refractivity contribution < 1.29 is 9.53 Å². The number of rotatable bonds is 1. The zero-order valence-electron chi connectivity index (χ0n) is 16.8. The van der Waals surface area contributed by atoms with Crippen molar-refractivity contribution in [3.05, 3.63) is 39.4 Å². The number of carbonyl (C=O) groups is 1. The lowest BCUT2D eigenvalue weighted by Crippen LogP contribution is -2.43. The molecule has 8 nitrogen and oxygen atoms in total. The van der Waals surface area contributed by atoms with Gasteiger partial charge in [-0.15, -0.1) is 0 Å². The van der Waals surface area contributed by atoms with Crippen molar-refractivity contribution in [1.82, 2.24) is 19.7 Å². The molecule has 1 unspecified atom stereocenters. The Morgan fingerprint density at radius 2 is 2.07 bits per heavy atom. The molecule has 29 heavy (non-hydrogen) atoms. The molecule has 1 atom stereocenters. The number of fused-ring (bicyclic) bond motifs is 2. The largest absolute Gasteiger partial charge is 0.443 e. The van der Waals surface area contributed by atoms with E-state index in [1.165, 1.54) is 6.33 Å². The summed E-state index contributed by atoms with van der Waals surface area (Å²) in [5, 5.41) is 5.42. The Morgan fingerprint density at radius 3 is 2.79 bits per heavy atom. The van der Waals surface area contributed by atoms with Crippen molar-refractivity contribution in [3.63, 3.8) is 0 Å². The van der Waals surface area contributed by atoms with Gasteiger partial charge in [-0.05, 0) is 68.3 Å². The predicted octanol–water partition coefficient (Wildman–Crippen LogP) is 3.86. The molecule has 0 bridgehead atoms. The Balaban J connectivity index is 1.79. The van der Waals surface area contributed by atoms with E-state index >= 15 is 0 Å². The van der Waals surface area contributed by atoms with E-state index in [-0.39, 0.29) is 12.1 Å². The number of anilines is 2. The first-order chi connectivity index (χ1) is 13.6. The van der Waals surface area contributed by atoms with E-state index in [2.05, 4.69) is 43.7 Å². The first-order valence-electron chi connectivity index (χ1n) is 9.38. The molecule has 2 N–H and O–H groups in total. The van der Waals surface area contributed by atoms with Crippen LogP contribution in [0.1, 0.15) is 37.9 Å². The number of nitrogen functional groups attached to an aromatic ring is 1. The second-order valence-corrected chi connectivity index (χ2v) is 9.30. The summed E-state index contributed by atoms with van der Waals surface area (Å²) in [6.45, 7) is 8.08. The van der Waals surface area contributed by atoms with Crippen LogP contribution in [0.2, 0.25) is 0 Å². The molecule has 1 aliphatic heterocycles. The van der Waals surface area contributed by atoms with E-state index in [1.807, 2.05) is 44.5 Å². The van der Waals surface area contributed by atoms with Crippen molar-refractivity contribution in [3.8, 4) is 0 Å². The summed E-state index contributed by atoms with van der Waals surface area (Å²) in [6, 6.07) is 6.00. The molecular weight excluding hydrogens is 483 g/mol. The van der Waals surface area contributed by atoms with Gasteiger partial charge in [-0.25, -0.2) is 19.4 Å². The highest BCUT2D eigenvalue weighted by Crippen LogP contribution is 2.35. The molecule has 2 aromatic heterocycles. The van der Waals surface area contributed by atoms with Crippen LogP contribution in [-0.2, 0) is 11.2 Å². The molecule has 1 aliphatic rings. The lowest BCUT2D eigenvalue weighted by molar-refractivity contribution is 0.0571. The van der Waals surface area contributed by atoms with Crippen LogP contribution in [-0.4, -0.2) is 38.0 Å². The van der Waals surface area contributed by atoms with Crippen molar-refractivity contribution in [2.75, 3.05) is 17.2 Å². The van der Waals surface area contributed by atoms with Gasteiger partial charge in [0.25, 0.3) is 0 Å². The molecule has 0 saturated heterocycles. The highest BCUT2D eigenvalue weighted by atomic mass is 127. The summed E-state index contributed by atoms with van der Waals surface area (Å²) < 4.78 is 8.27. The Bertz CT molecular complexity index is 1100. The molecule has 1 aromatic carbocycles.